The van der Waals surface area contributed by atoms with Crippen LogP contribution in [0.25, 0.3) is 45.7 Å². The lowest BCUT2D eigenvalue weighted by Gasteiger charge is -2.08. The monoisotopic (exact) mass is 934 g/mol. The molecule has 4 aromatic heterocycles. The molecule has 2 aliphatic rings. The number of carbonyl (C=O) groups excluding carboxylic acids is 2. The first kappa shape index (κ1) is 34.7. The van der Waals surface area contributed by atoms with Crippen LogP contribution in [-0.2, 0) is 20.1 Å². The molecule has 2 aromatic carbocycles. The third kappa shape index (κ3) is 6.37. The van der Waals surface area contributed by atoms with E-state index in [0.29, 0.717) is 79.5 Å². The molecule has 2 amide bonds. The molecule has 0 saturated carbocycles. The fourth-order valence-corrected chi connectivity index (χ4v) is 7.17. The molecule has 19 heteroatoms. The molecule has 0 radical (unpaired) electrons. The maximum absolute atomic E-state index is 14.1. The average Bonchev–Trinajstić information content (AvgIpc) is 3.69. The average molecular weight is 936 g/mol. The van der Waals surface area contributed by atoms with E-state index in [4.69, 9.17) is 20.9 Å². The number of halogens is 5. The predicted molar refractivity (Wildman–Crippen MR) is 195 cm³/mol. The molecule has 2 aliphatic heterocycles. The van der Waals surface area contributed by atoms with Gasteiger partial charge in [0.15, 0.2) is 23.0 Å². The number of aryl methyl sites for hydroxylation is 1. The summed E-state index contributed by atoms with van der Waals surface area (Å²) in [6.45, 7) is 1.49. The Morgan fingerprint density at radius 1 is 0.804 bits per heavy atom. The van der Waals surface area contributed by atoms with E-state index >= 15 is 0 Å². The first-order valence-corrected chi connectivity index (χ1v) is 17.6. The van der Waals surface area contributed by atoms with Crippen LogP contribution in [-0.4, -0.2) is 63.9 Å². The number of nitrogens with zero attached hydrogens (tertiary/aromatic N) is 8. The zero-order valence-electron chi connectivity index (χ0n) is 26.2. The number of benzene rings is 2. The van der Waals surface area contributed by atoms with Crippen LogP contribution in [0.5, 0.6) is 11.5 Å². The molecule has 8 rings (SSSR count). The van der Waals surface area contributed by atoms with Gasteiger partial charge < -0.3 is 30.1 Å². The second kappa shape index (κ2) is 13.8. The molecule has 0 fully saturated rings. The SMILES string of the molecule is Cn1nc(-c2ccncc2)nc1-c1c(C(N)=O)nc2n1CCOc1cc(F)c(Br)cc1-2.NC(=O)c1nc2n(c1I)CCOc1cc(F)c(Br)cc1-2. The van der Waals surface area contributed by atoms with Crippen molar-refractivity contribution in [2.75, 3.05) is 13.2 Å². The van der Waals surface area contributed by atoms with E-state index in [1.54, 1.807) is 53.0 Å². The standard InChI is InChI=1S/C20H15BrFN7O2.C12H8BrFIN3O2/c1-28-20(26-18(27-28)10-2-4-24-5-3-10)16-15(17(23)30)25-19-11-8-12(21)13(22)9-14(11)31-7-6-29(16)19;13-6-3-5-8(4-7(6)14)20-2-1-18-10(15)9(11(16)19)17-12(5)18/h2-5,8-9H,6-7H2,1H3,(H2,23,30);3-4H,1-2H2,(H2,16,19). The molecule has 14 nitrogen and oxygen atoms in total. The van der Waals surface area contributed by atoms with E-state index in [9.17, 15) is 18.4 Å². The molecule has 0 bridgehead atoms. The number of nitrogens with two attached hydrogens (primary N) is 2. The molecular formula is C32H23Br2F2IN10O4. The first-order chi connectivity index (χ1) is 24.4. The third-order valence-electron chi connectivity index (χ3n) is 7.93. The summed E-state index contributed by atoms with van der Waals surface area (Å²) in [7, 11) is 1.73. The Hall–Kier alpha value is -4.76. The van der Waals surface area contributed by atoms with Crippen molar-refractivity contribution in [2.45, 2.75) is 13.1 Å². The lowest BCUT2D eigenvalue weighted by atomic mass is 10.2. The van der Waals surface area contributed by atoms with E-state index < -0.39 is 23.4 Å². The van der Waals surface area contributed by atoms with Gasteiger partial charge in [-0.1, -0.05) is 0 Å². The van der Waals surface area contributed by atoms with Gasteiger partial charge in [-0.2, -0.15) is 5.10 Å². The number of primary amides is 2. The van der Waals surface area contributed by atoms with E-state index in [1.165, 1.54) is 12.1 Å². The van der Waals surface area contributed by atoms with Gasteiger partial charge in [0.05, 0.1) is 33.2 Å². The molecule has 260 valence electrons. The molecule has 0 unspecified atom stereocenters. The minimum Gasteiger partial charge on any atom is -0.491 e. The fourth-order valence-electron chi connectivity index (χ4n) is 5.63. The van der Waals surface area contributed by atoms with Crippen LogP contribution in [0.2, 0.25) is 0 Å². The number of hydrogen-bond donors (Lipinski definition) is 2. The molecular weight excluding hydrogens is 913 g/mol. The van der Waals surface area contributed by atoms with Gasteiger partial charge in [-0.15, -0.1) is 0 Å². The van der Waals surface area contributed by atoms with Crippen LogP contribution in [0.4, 0.5) is 8.78 Å². The van der Waals surface area contributed by atoms with Crippen molar-refractivity contribution in [1.82, 2.24) is 38.9 Å². The third-order valence-corrected chi connectivity index (χ3v) is 10.2. The van der Waals surface area contributed by atoms with Crippen LogP contribution < -0.4 is 20.9 Å². The highest BCUT2D eigenvalue weighted by atomic mass is 127. The summed E-state index contributed by atoms with van der Waals surface area (Å²) in [6, 6.07) is 9.35. The number of hydrogen-bond acceptors (Lipinski definition) is 9. The Kier molecular flexibility index (Phi) is 9.35. The molecule has 0 saturated heterocycles. The predicted octanol–water partition coefficient (Wildman–Crippen LogP) is 5.35. The second-order valence-corrected chi connectivity index (χ2v) is 13.8. The Morgan fingerprint density at radius 3 is 1.90 bits per heavy atom. The minimum absolute atomic E-state index is 0.0556. The number of rotatable bonds is 4. The second-order valence-electron chi connectivity index (χ2n) is 11.1. The molecule has 6 aromatic rings. The highest BCUT2D eigenvalue weighted by Crippen LogP contribution is 2.40. The van der Waals surface area contributed by atoms with Crippen LogP contribution in [0, 0.1) is 15.3 Å². The summed E-state index contributed by atoms with van der Waals surface area (Å²) in [4.78, 5) is 41.1. The van der Waals surface area contributed by atoms with E-state index in [2.05, 4.69) is 56.9 Å². The van der Waals surface area contributed by atoms with Gasteiger partial charge in [0.2, 0.25) is 0 Å². The fraction of sp³-hybridized carbons (Fsp3) is 0.156. The van der Waals surface area contributed by atoms with Gasteiger partial charge in [-0.05, 0) is 78.7 Å². The first-order valence-electron chi connectivity index (χ1n) is 14.9. The summed E-state index contributed by atoms with van der Waals surface area (Å²) in [5, 5.41) is 4.48. The highest BCUT2D eigenvalue weighted by molar-refractivity contribution is 14.1. The Bertz CT molecular complexity index is 2380. The Morgan fingerprint density at radius 2 is 1.33 bits per heavy atom. The number of pyridine rings is 1. The van der Waals surface area contributed by atoms with Crippen molar-refractivity contribution in [2.24, 2.45) is 18.5 Å². The zero-order valence-corrected chi connectivity index (χ0v) is 31.5. The van der Waals surface area contributed by atoms with Gasteiger partial charge in [-0.3, -0.25) is 14.6 Å². The topological polar surface area (TPSA) is 184 Å². The Labute approximate surface area is 317 Å². The minimum atomic E-state index is -0.701. The molecule has 0 aliphatic carbocycles. The van der Waals surface area contributed by atoms with Gasteiger partial charge >= 0.3 is 0 Å². The number of aromatic nitrogens is 8. The number of carbonyl (C=O) groups is 2. The van der Waals surface area contributed by atoms with Crippen molar-refractivity contribution in [3.05, 3.63) is 84.5 Å². The van der Waals surface area contributed by atoms with Crippen molar-refractivity contribution in [3.63, 3.8) is 0 Å². The molecule has 4 N–H and O–H groups in total. The van der Waals surface area contributed by atoms with E-state index in [1.807, 2.05) is 27.2 Å². The lowest BCUT2D eigenvalue weighted by molar-refractivity contribution is 0.0987. The van der Waals surface area contributed by atoms with Gasteiger partial charge in [0, 0.05) is 37.1 Å². The van der Waals surface area contributed by atoms with Crippen molar-refractivity contribution in [1.29, 1.82) is 0 Å². The molecule has 0 atom stereocenters. The maximum atomic E-state index is 14.1. The van der Waals surface area contributed by atoms with E-state index in [0.717, 1.165) is 5.56 Å². The molecule has 6 heterocycles. The van der Waals surface area contributed by atoms with Gasteiger partial charge in [0.1, 0.15) is 57.4 Å². The molecule has 0 spiro atoms. The van der Waals surface area contributed by atoms with Gasteiger partial charge in [-0.25, -0.2) is 28.4 Å². The summed E-state index contributed by atoms with van der Waals surface area (Å²) < 4.78 is 45.4. The number of amides is 2. The molecule has 51 heavy (non-hydrogen) atoms. The zero-order chi connectivity index (χ0) is 36.1. The van der Waals surface area contributed by atoms with Crippen LogP contribution in [0.1, 0.15) is 21.0 Å². The van der Waals surface area contributed by atoms with E-state index in [-0.39, 0.29) is 22.5 Å². The van der Waals surface area contributed by atoms with Crippen molar-refractivity contribution in [3.8, 4) is 57.2 Å². The number of ether oxygens (including phenoxy) is 2. The smallest absolute Gasteiger partial charge is 0.270 e. The number of fused-ring (bicyclic) bond motifs is 6. The maximum Gasteiger partial charge on any atom is 0.270 e. The van der Waals surface area contributed by atoms with Crippen molar-refractivity contribution >= 4 is 66.3 Å². The van der Waals surface area contributed by atoms with Gasteiger partial charge in [0.25, 0.3) is 11.8 Å². The highest BCUT2D eigenvalue weighted by Gasteiger charge is 2.30. The largest absolute Gasteiger partial charge is 0.491 e. The van der Waals surface area contributed by atoms with Crippen LogP contribution in [0.3, 0.4) is 0 Å². The number of imidazole rings is 2. The quantitative estimate of drug-likeness (QED) is 0.220. The summed E-state index contributed by atoms with van der Waals surface area (Å²) in [5.74, 6) is 0.473. The normalized spacial score (nSPS) is 12.8. The summed E-state index contributed by atoms with van der Waals surface area (Å²) in [6.07, 6.45) is 3.30. The van der Waals surface area contributed by atoms with Crippen LogP contribution in [0.15, 0.2) is 57.7 Å². The Balaban J connectivity index is 0.000000175. The summed E-state index contributed by atoms with van der Waals surface area (Å²) >= 11 is 8.37. The van der Waals surface area contributed by atoms with Crippen molar-refractivity contribution < 1.29 is 27.8 Å². The lowest BCUT2D eigenvalue weighted by Crippen LogP contribution is -2.16. The van der Waals surface area contributed by atoms with Crippen LogP contribution >= 0.6 is 54.5 Å². The summed E-state index contributed by atoms with van der Waals surface area (Å²) in [5.41, 5.74) is 13.6.